The van der Waals surface area contributed by atoms with Gasteiger partial charge in [0.25, 0.3) is 0 Å². The monoisotopic (exact) mass is 604 g/mol. The summed E-state index contributed by atoms with van der Waals surface area (Å²) in [5.41, 5.74) is 2.24. The van der Waals surface area contributed by atoms with Gasteiger partial charge in [-0.3, -0.25) is 9.59 Å². The molecule has 0 aliphatic heterocycles. The number of allylic oxidation sites excluding steroid dienone is 1. The Labute approximate surface area is 245 Å². The smallest absolute Gasteiger partial charge is 0.316 e. The highest BCUT2D eigenvalue weighted by atomic mass is 79.9. The predicted octanol–water partition coefficient (Wildman–Crippen LogP) is 8.51. The number of carbonyl (C=O) groups excluding carboxylic acids is 2. The van der Waals surface area contributed by atoms with Crippen LogP contribution in [0.4, 0.5) is 0 Å². The average Bonchev–Trinajstić information content (AvgIpc) is 3.25. The maximum atomic E-state index is 12.2. The van der Waals surface area contributed by atoms with Crippen LogP contribution in [0.3, 0.4) is 0 Å². The van der Waals surface area contributed by atoms with Gasteiger partial charge in [-0.2, -0.15) is 0 Å². The van der Waals surface area contributed by atoms with Crippen molar-refractivity contribution in [1.29, 1.82) is 0 Å². The molecule has 4 nitrogen and oxygen atoms in total. The Morgan fingerprint density at radius 2 is 1.56 bits per heavy atom. The Hall–Kier alpha value is -0.840. The van der Waals surface area contributed by atoms with E-state index in [-0.39, 0.29) is 50.4 Å². The van der Waals surface area contributed by atoms with Gasteiger partial charge in [0.15, 0.2) is 0 Å². The van der Waals surface area contributed by atoms with Crippen molar-refractivity contribution in [1.82, 2.24) is 0 Å². The van der Waals surface area contributed by atoms with Gasteiger partial charge in [-0.1, -0.05) is 62.7 Å². The molecule has 10 atom stereocenters. The van der Waals surface area contributed by atoms with E-state index < -0.39 is 0 Å². The van der Waals surface area contributed by atoms with Gasteiger partial charge >= 0.3 is 11.9 Å². The zero-order valence-corrected chi connectivity index (χ0v) is 27.3. The highest BCUT2D eigenvalue weighted by Crippen LogP contribution is 2.77. The van der Waals surface area contributed by atoms with E-state index in [0.717, 1.165) is 25.7 Å². The van der Waals surface area contributed by atoms with Crippen LogP contribution in [0.25, 0.3) is 0 Å². The summed E-state index contributed by atoms with van der Waals surface area (Å²) in [5.74, 6) is 2.71. The maximum Gasteiger partial charge on any atom is 0.316 e. The van der Waals surface area contributed by atoms with Gasteiger partial charge < -0.3 is 9.47 Å². The fraction of sp³-hybridized carbons (Fsp3) is 0.882. The molecule has 5 aliphatic rings. The Bertz CT molecular complexity index is 1020. The highest BCUT2D eigenvalue weighted by molar-refractivity contribution is 9.09. The van der Waals surface area contributed by atoms with E-state index >= 15 is 0 Å². The first kappa shape index (κ1) is 29.6. The van der Waals surface area contributed by atoms with Crippen LogP contribution in [0.2, 0.25) is 0 Å². The standard InChI is InChI=1S/C34H53BrO4/c1-21(2)23-11-16-34(20-38-28(37)19-35)18-17-32(7)24(29(23)34)9-10-26-31(6)14-13-27(39-22(3)36)30(4,5)25(31)12-15-33(26,32)8/h23-27,29H,1,9-20H2,2-8H3/t23-,24+,25-,26+,27-,29+,31-,32+,33+,34+/m0/s1. The molecule has 0 amide bonds. The molecule has 0 unspecified atom stereocenters. The molecule has 0 aromatic carbocycles. The van der Waals surface area contributed by atoms with Crippen LogP contribution in [0.1, 0.15) is 113 Å². The first-order chi connectivity index (χ1) is 18.2. The number of alkyl halides is 1. The number of fused-ring (bicyclic) bond motifs is 7. The van der Waals surface area contributed by atoms with Gasteiger partial charge in [0.1, 0.15) is 11.4 Å². The largest absolute Gasteiger partial charge is 0.464 e. The molecular weight excluding hydrogens is 552 g/mol. The summed E-state index contributed by atoms with van der Waals surface area (Å²) in [6.07, 6.45) is 11.9. The quantitative estimate of drug-likeness (QED) is 0.179. The summed E-state index contributed by atoms with van der Waals surface area (Å²) in [7, 11) is 0. The topological polar surface area (TPSA) is 52.6 Å². The van der Waals surface area contributed by atoms with Crippen molar-refractivity contribution >= 4 is 27.9 Å². The van der Waals surface area contributed by atoms with Crippen LogP contribution in [-0.4, -0.2) is 30.0 Å². The molecule has 5 aliphatic carbocycles. The zero-order valence-electron chi connectivity index (χ0n) is 25.7. The minimum atomic E-state index is -0.138. The molecule has 39 heavy (non-hydrogen) atoms. The lowest BCUT2D eigenvalue weighted by molar-refractivity contribution is -0.252. The summed E-state index contributed by atoms with van der Waals surface area (Å²) in [6.45, 7) is 21.5. The number of hydrogen-bond acceptors (Lipinski definition) is 4. The summed E-state index contributed by atoms with van der Waals surface area (Å²) in [5, 5.41) is 0.271. The van der Waals surface area contributed by atoms with Crippen molar-refractivity contribution in [2.75, 3.05) is 11.9 Å². The molecule has 0 heterocycles. The molecule has 0 radical (unpaired) electrons. The van der Waals surface area contributed by atoms with Crippen molar-refractivity contribution in [3.8, 4) is 0 Å². The van der Waals surface area contributed by atoms with Gasteiger partial charge in [0.2, 0.25) is 0 Å². The Kier molecular flexibility index (Phi) is 7.50. The van der Waals surface area contributed by atoms with Crippen molar-refractivity contribution in [3.63, 3.8) is 0 Å². The molecule has 0 N–H and O–H groups in total. The number of ether oxygens (including phenoxy) is 2. The Balaban J connectivity index is 1.48. The first-order valence-electron chi connectivity index (χ1n) is 15.7. The normalized spacial score (nSPS) is 48.1. The van der Waals surface area contributed by atoms with Crippen LogP contribution >= 0.6 is 15.9 Å². The molecule has 5 heteroatoms. The summed E-state index contributed by atoms with van der Waals surface area (Å²) in [6, 6.07) is 0. The highest BCUT2D eigenvalue weighted by Gasteiger charge is 2.71. The van der Waals surface area contributed by atoms with Gasteiger partial charge in [-0.05, 0) is 117 Å². The van der Waals surface area contributed by atoms with Gasteiger partial charge in [0, 0.05) is 17.8 Å². The zero-order chi connectivity index (χ0) is 28.6. The minimum absolute atomic E-state index is 0.00469. The van der Waals surface area contributed by atoms with Crippen molar-refractivity contribution in [2.45, 2.75) is 119 Å². The van der Waals surface area contributed by atoms with E-state index in [0.29, 0.717) is 36.2 Å². The number of rotatable bonds is 5. The van der Waals surface area contributed by atoms with E-state index in [1.165, 1.54) is 44.1 Å². The van der Waals surface area contributed by atoms with Crippen LogP contribution in [-0.2, 0) is 19.1 Å². The fourth-order valence-corrected chi connectivity index (χ4v) is 12.3. The van der Waals surface area contributed by atoms with E-state index in [1.807, 2.05) is 0 Å². The third kappa shape index (κ3) is 4.23. The Morgan fingerprint density at radius 1 is 0.846 bits per heavy atom. The predicted molar refractivity (Wildman–Crippen MR) is 159 cm³/mol. The van der Waals surface area contributed by atoms with Crippen LogP contribution in [0, 0.1) is 56.7 Å². The molecule has 0 saturated heterocycles. The van der Waals surface area contributed by atoms with Gasteiger partial charge in [-0.25, -0.2) is 0 Å². The third-order valence-electron chi connectivity index (χ3n) is 14.1. The van der Waals surface area contributed by atoms with Gasteiger partial charge in [-0.15, -0.1) is 0 Å². The van der Waals surface area contributed by atoms with Crippen LogP contribution in [0.5, 0.6) is 0 Å². The van der Waals surface area contributed by atoms with E-state index in [9.17, 15) is 9.59 Å². The summed E-state index contributed by atoms with van der Waals surface area (Å²) >= 11 is 3.30. The van der Waals surface area contributed by atoms with Crippen molar-refractivity contribution in [2.24, 2.45) is 56.7 Å². The second-order valence-electron chi connectivity index (χ2n) is 15.8. The summed E-state index contributed by atoms with van der Waals surface area (Å²) < 4.78 is 11.8. The minimum Gasteiger partial charge on any atom is -0.464 e. The lowest BCUT2D eigenvalue weighted by Gasteiger charge is -2.73. The summed E-state index contributed by atoms with van der Waals surface area (Å²) in [4.78, 5) is 24.2. The van der Waals surface area contributed by atoms with Gasteiger partial charge in [0.05, 0.1) is 6.61 Å². The molecule has 5 saturated carbocycles. The third-order valence-corrected chi connectivity index (χ3v) is 14.6. The van der Waals surface area contributed by atoms with E-state index in [2.05, 4.69) is 64.1 Å². The lowest BCUT2D eigenvalue weighted by Crippen LogP contribution is -2.67. The number of halogens is 1. The van der Waals surface area contributed by atoms with Crippen molar-refractivity contribution in [3.05, 3.63) is 12.2 Å². The van der Waals surface area contributed by atoms with E-state index in [1.54, 1.807) is 6.92 Å². The average molecular weight is 606 g/mol. The molecule has 5 rings (SSSR count). The SMILES string of the molecule is C=C(C)[C@@H]1CC[C@]2(COC(=O)CBr)CC[C@]3(C)[C@H](CC[C@@H]4[C@@]5(C)CC[C@H](OC(C)=O)C(C)(C)[C@@H]5CC[C@]43C)[C@@H]12. The first-order valence-corrected chi connectivity index (χ1v) is 16.8. The van der Waals surface area contributed by atoms with Crippen molar-refractivity contribution < 1.29 is 19.1 Å². The van der Waals surface area contributed by atoms with Crippen LogP contribution < -0.4 is 0 Å². The number of esters is 2. The maximum absolute atomic E-state index is 12.2. The van der Waals surface area contributed by atoms with Crippen LogP contribution in [0.15, 0.2) is 12.2 Å². The molecule has 5 fully saturated rings. The Morgan fingerprint density at radius 3 is 2.21 bits per heavy atom. The molecule has 220 valence electrons. The fourth-order valence-electron chi connectivity index (χ4n) is 12.2. The molecule has 0 bridgehead atoms. The molecular formula is C34H53BrO4. The second kappa shape index (κ2) is 9.87. The lowest BCUT2D eigenvalue weighted by atomic mass is 9.32. The molecule has 0 spiro atoms. The molecule has 0 aromatic rings. The second-order valence-corrected chi connectivity index (χ2v) is 16.4. The number of carbonyl (C=O) groups is 2. The van der Waals surface area contributed by atoms with E-state index in [4.69, 9.17) is 9.47 Å². The molecule has 0 aromatic heterocycles. The number of hydrogen-bond donors (Lipinski definition) is 0.